The van der Waals surface area contributed by atoms with E-state index in [-0.39, 0.29) is 11.6 Å². The molecular weight excluding hydrogens is 421 g/mol. The summed E-state index contributed by atoms with van der Waals surface area (Å²) in [5.74, 6) is -0.309. The number of rotatable bonds is 5. The molecule has 0 aliphatic carbocycles. The molecule has 2 nitrogen and oxygen atoms in total. The number of nitrogens with zero attached hydrogens (tertiary/aromatic N) is 1. The van der Waals surface area contributed by atoms with E-state index < -0.39 is 0 Å². The van der Waals surface area contributed by atoms with Crippen molar-refractivity contribution in [3.63, 3.8) is 0 Å². The molecule has 5 aromatic rings. The van der Waals surface area contributed by atoms with Gasteiger partial charge in [-0.3, -0.25) is 4.79 Å². The molecule has 0 spiro atoms. The molecule has 0 atom stereocenters. The summed E-state index contributed by atoms with van der Waals surface area (Å²) in [6.07, 6.45) is 3.41. The van der Waals surface area contributed by atoms with Gasteiger partial charge in [-0.15, -0.1) is 0 Å². The van der Waals surface area contributed by atoms with Gasteiger partial charge < -0.3 is 4.57 Å². The lowest BCUT2D eigenvalue weighted by Gasteiger charge is -2.08. The molecule has 32 heavy (non-hydrogen) atoms. The van der Waals surface area contributed by atoms with Gasteiger partial charge in [-0.2, -0.15) is 0 Å². The number of allylic oxidation sites excluding steroid dienone is 1. The van der Waals surface area contributed by atoms with E-state index in [0.717, 1.165) is 32.9 Å². The van der Waals surface area contributed by atoms with Crippen LogP contribution in [0.4, 0.5) is 4.39 Å². The third-order valence-electron chi connectivity index (χ3n) is 5.58. The fraction of sp³-hybridized carbons (Fsp3) is 0.0357. The van der Waals surface area contributed by atoms with Crippen LogP contribution in [0.1, 0.15) is 21.5 Å². The Balaban J connectivity index is 1.53. The Kier molecular flexibility index (Phi) is 5.34. The van der Waals surface area contributed by atoms with E-state index in [1.165, 1.54) is 6.07 Å². The number of hydrogen-bond donors (Lipinski definition) is 0. The summed E-state index contributed by atoms with van der Waals surface area (Å²) in [6.45, 7) is 0.575. The maximum Gasteiger partial charge on any atom is 0.185 e. The van der Waals surface area contributed by atoms with E-state index in [4.69, 9.17) is 11.6 Å². The van der Waals surface area contributed by atoms with E-state index >= 15 is 0 Å². The Hall–Kier alpha value is -3.69. The molecule has 0 fully saturated rings. The highest BCUT2D eigenvalue weighted by molar-refractivity contribution is 6.30. The van der Waals surface area contributed by atoms with Crippen LogP contribution >= 0.6 is 11.6 Å². The molecule has 0 bridgehead atoms. The molecule has 4 aromatic carbocycles. The second-order valence-electron chi connectivity index (χ2n) is 7.71. The quantitative estimate of drug-likeness (QED) is 0.205. The van der Waals surface area contributed by atoms with Crippen molar-refractivity contribution in [2.45, 2.75) is 6.54 Å². The zero-order chi connectivity index (χ0) is 22.1. The summed E-state index contributed by atoms with van der Waals surface area (Å²) in [5, 5.41) is 2.82. The Labute approximate surface area is 190 Å². The fourth-order valence-corrected chi connectivity index (χ4v) is 4.17. The minimum atomic E-state index is -0.235. The Morgan fingerprint density at radius 3 is 2.44 bits per heavy atom. The molecule has 0 unspecified atom stereocenters. The van der Waals surface area contributed by atoms with Crippen molar-refractivity contribution in [1.82, 2.24) is 4.57 Å². The highest BCUT2D eigenvalue weighted by atomic mass is 35.5. The van der Waals surface area contributed by atoms with E-state index in [1.54, 1.807) is 42.5 Å². The monoisotopic (exact) mass is 439 g/mol. The van der Waals surface area contributed by atoms with Crippen LogP contribution in [0.25, 0.3) is 27.9 Å². The fourth-order valence-electron chi connectivity index (χ4n) is 4.05. The van der Waals surface area contributed by atoms with Gasteiger partial charge >= 0.3 is 0 Å². The second-order valence-corrected chi connectivity index (χ2v) is 8.15. The SMILES string of the molecule is O=C(/C=C/c1ccc2c(c1)c1ccccc1n2Cc1cccc(F)c1)c1ccc(Cl)cc1. The highest BCUT2D eigenvalue weighted by Crippen LogP contribution is 2.31. The smallest absolute Gasteiger partial charge is 0.185 e. The number of fused-ring (bicyclic) bond motifs is 3. The molecule has 4 heteroatoms. The summed E-state index contributed by atoms with van der Waals surface area (Å²) in [7, 11) is 0. The third kappa shape index (κ3) is 3.95. The summed E-state index contributed by atoms with van der Waals surface area (Å²) in [4.78, 5) is 12.5. The van der Waals surface area contributed by atoms with Crippen molar-refractivity contribution in [3.8, 4) is 0 Å². The van der Waals surface area contributed by atoms with E-state index in [0.29, 0.717) is 17.1 Å². The average molecular weight is 440 g/mol. The van der Waals surface area contributed by atoms with Crippen molar-refractivity contribution >= 4 is 45.3 Å². The van der Waals surface area contributed by atoms with Crippen molar-refractivity contribution in [2.24, 2.45) is 0 Å². The molecule has 1 heterocycles. The molecule has 1 aromatic heterocycles. The lowest BCUT2D eigenvalue weighted by atomic mass is 10.1. The van der Waals surface area contributed by atoms with Gasteiger partial charge in [0.15, 0.2) is 5.78 Å². The van der Waals surface area contributed by atoms with E-state index in [9.17, 15) is 9.18 Å². The van der Waals surface area contributed by atoms with Gasteiger partial charge in [0.1, 0.15) is 5.82 Å². The molecule has 0 radical (unpaired) electrons. The van der Waals surface area contributed by atoms with Gasteiger partial charge in [-0.05, 0) is 71.8 Å². The summed E-state index contributed by atoms with van der Waals surface area (Å²) in [5.41, 5.74) is 4.60. The molecule has 0 amide bonds. The second kappa shape index (κ2) is 8.45. The number of benzene rings is 4. The average Bonchev–Trinajstić information content (AvgIpc) is 3.11. The molecule has 0 N–H and O–H groups in total. The maximum atomic E-state index is 13.7. The largest absolute Gasteiger partial charge is 0.336 e. The molecule has 5 rings (SSSR count). The third-order valence-corrected chi connectivity index (χ3v) is 5.83. The van der Waals surface area contributed by atoms with Crippen LogP contribution in [0.3, 0.4) is 0 Å². The normalized spacial score (nSPS) is 11.6. The van der Waals surface area contributed by atoms with Gasteiger partial charge in [-0.1, -0.05) is 54.1 Å². The van der Waals surface area contributed by atoms with Gasteiger partial charge in [0.05, 0.1) is 0 Å². The molecule has 0 aliphatic rings. The first kappa shape index (κ1) is 20.2. The van der Waals surface area contributed by atoms with Crippen molar-refractivity contribution < 1.29 is 9.18 Å². The van der Waals surface area contributed by atoms with Crippen molar-refractivity contribution in [2.75, 3.05) is 0 Å². The number of para-hydroxylation sites is 1. The first-order valence-corrected chi connectivity index (χ1v) is 10.7. The van der Waals surface area contributed by atoms with Crippen molar-refractivity contribution in [3.05, 3.63) is 125 Å². The van der Waals surface area contributed by atoms with Crippen LogP contribution in [-0.2, 0) is 6.54 Å². The standard InChI is InChI=1S/C28H19ClFNO/c29-22-12-10-21(11-13-22)28(32)15-9-19-8-14-27-25(17-19)24-6-1-2-7-26(24)31(27)18-20-4-3-5-23(30)16-20/h1-17H,18H2/b15-9+. The summed E-state index contributed by atoms with van der Waals surface area (Å²) in [6, 6.07) is 27.9. The molecule has 0 saturated carbocycles. The minimum absolute atomic E-state index is 0.0738. The Morgan fingerprint density at radius 1 is 0.844 bits per heavy atom. The van der Waals surface area contributed by atoms with Crippen LogP contribution in [0.15, 0.2) is 97.1 Å². The lowest BCUT2D eigenvalue weighted by Crippen LogP contribution is -1.99. The van der Waals surface area contributed by atoms with Crippen LogP contribution in [-0.4, -0.2) is 10.4 Å². The lowest BCUT2D eigenvalue weighted by molar-refractivity contribution is 0.104. The van der Waals surface area contributed by atoms with Crippen LogP contribution < -0.4 is 0 Å². The topological polar surface area (TPSA) is 22.0 Å². The first-order chi connectivity index (χ1) is 15.6. The Bertz CT molecular complexity index is 1480. The molecule has 0 aliphatic heterocycles. The molecule has 156 valence electrons. The number of halogens is 2. The number of carbonyl (C=O) groups is 1. The zero-order valence-electron chi connectivity index (χ0n) is 17.1. The summed E-state index contributed by atoms with van der Waals surface area (Å²) >= 11 is 5.90. The first-order valence-electron chi connectivity index (χ1n) is 10.3. The van der Waals surface area contributed by atoms with Crippen molar-refractivity contribution in [1.29, 1.82) is 0 Å². The van der Waals surface area contributed by atoms with Gasteiger partial charge in [0.25, 0.3) is 0 Å². The molecular formula is C28H19ClFNO. The van der Waals surface area contributed by atoms with Gasteiger partial charge in [0, 0.05) is 38.9 Å². The predicted octanol–water partition coefficient (Wildman–Crippen LogP) is 7.53. The predicted molar refractivity (Wildman–Crippen MR) is 130 cm³/mol. The van der Waals surface area contributed by atoms with Gasteiger partial charge in [0.2, 0.25) is 0 Å². The maximum absolute atomic E-state index is 13.7. The van der Waals surface area contributed by atoms with E-state index in [1.807, 2.05) is 30.3 Å². The summed E-state index contributed by atoms with van der Waals surface area (Å²) < 4.78 is 15.9. The van der Waals surface area contributed by atoms with Crippen LogP contribution in [0, 0.1) is 5.82 Å². The highest BCUT2D eigenvalue weighted by Gasteiger charge is 2.11. The number of hydrogen-bond acceptors (Lipinski definition) is 1. The number of ketones is 1. The minimum Gasteiger partial charge on any atom is -0.336 e. The van der Waals surface area contributed by atoms with Gasteiger partial charge in [-0.25, -0.2) is 4.39 Å². The van der Waals surface area contributed by atoms with E-state index in [2.05, 4.69) is 28.8 Å². The zero-order valence-corrected chi connectivity index (χ0v) is 17.9. The van der Waals surface area contributed by atoms with Crippen LogP contribution in [0.5, 0.6) is 0 Å². The Morgan fingerprint density at radius 2 is 1.62 bits per heavy atom. The number of aromatic nitrogens is 1. The van der Waals surface area contributed by atoms with Crippen LogP contribution in [0.2, 0.25) is 5.02 Å². The molecule has 0 saturated heterocycles. The number of carbonyl (C=O) groups excluding carboxylic acids is 1.